The predicted molar refractivity (Wildman–Crippen MR) is 59.2 cm³/mol. The largest absolute Gasteiger partial charge is 0.294 e. The molecule has 0 bridgehead atoms. The Labute approximate surface area is 94.2 Å². The topological polar surface area (TPSA) is 17.1 Å². The Morgan fingerprint density at radius 2 is 2.00 bits per heavy atom. The monoisotopic (exact) mass is 314 g/mol. The molecular weight excluding hydrogens is 310 g/mol. The van der Waals surface area contributed by atoms with Gasteiger partial charge in [0, 0.05) is 5.56 Å². The second-order valence-corrected chi connectivity index (χ2v) is 4.14. The molecule has 4 heteroatoms. The number of hydrogen-bond acceptors (Lipinski definition) is 1. The maximum Gasteiger partial charge on any atom is 0.161 e. The molecule has 0 heterocycles. The quantitative estimate of drug-likeness (QED) is 0.438. The number of carbonyl (C=O) groups is 1. The minimum Gasteiger partial charge on any atom is -0.294 e. The lowest BCUT2D eigenvalue weighted by atomic mass is 10.1. The summed E-state index contributed by atoms with van der Waals surface area (Å²) in [4.78, 5) is 11.0. The summed E-state index contributed by atoms with van der Waals surface area (Å²) < 4.78 is 0.726. The second-order valence-electron chi connectivity index (χ2n) is 2.28. The molecule has 0 aliphatic carbocycles. The van der Waals surface area contributed by atoms with Crippen molar-refractivity contribution >= 4 is 51.6 Å². The van der Waals surface area contributed by atoms with E-state index in [0.29, 0.717) is 15.6 Å². The first kappa shape index (κ1) is 10.3. The van der Waals surface area contributed by atoms with Crippen LogP contribution in [0, 0.1) is 3.57 Å². The van der Waals surface area contributed by atoms with Crippen molar-refractivity contribution in [3.8, 4) is 0 Å². The van der Waals surface area contributed by atoms with Gasteiger partial charge in [0.25, 0.3) is 0 Å². The fraction of sp³-hybridized carbons (Fsp3) is 0.125. The van der Waals surface area contributed by atoms with Crippen molar-refractivity contribution in [2.75, 3.05) is 0 Å². The normalized spacial score (nSPS) is 10.0. The van der Waals surface area contributed by atoms with Crippen LogP contribution in [-0.4, -0.2) is 5.78 Å². The van der Waals surface area contributed by atoms with Crippen molar-refractivity contribution in [3.63, 3.8) is 0 Å². The molecule has 0 aromatic heterocycles. The molecule has 0 atom stereocenters. The molecular formula is C8H5Cl2IO. The Morgan fingerprint density at radius 3 is 2.50 bits per heavy atom. The Bertz CT molecular complexity index is 336. The summed E-state index contributed by atoms with van der Waals surface area (Å²) in [6, 6.07) is 3.31. The van der Waals surface area contributed by atoms with E-state index < -0.39 is 0 Å². The van der Waals surface area contributed by atoms with Crippen molar-refractivity contribution in [3.05, 3.63) is 31.3 Å². The molecule has 1 nitrogen and oxygen atoms in total. The summed E-state index contributed by atoms with van der Waals surface area (Å²) in [7, 11) is 0. The lowest BCUT2D eigenvalue weighted by Gasteiger charge is -2.03. The van der Waals surface area contributed by atoms with Gasteiger partial charge >= 0.3 is 0 Å². The lowest BCUT2D eigenvalue weighted by molar-refractivity contribution is 0.101. The first-order chi connectivity index (χ1) is 5.54. The molecule has 1 rings (SSSR count). The van der Waals surface area contributed by atoms with Crippen molar-refractivity contribution in [1.29, 1.82) is 0 Å². The predicted octanol–water partition coefficient (Wildman–Crippen LogP) is 3.80. The van der Waals surface area contributed by atoms with Crippen LogP contribution in [0.3, 0.4) is 0 Å². The average Bonchev–Trinajstić information content (AvgIpc) is 2.00. The van der Waals surface area contributed by atoms with E-state index in [-0.39, 0.29) is 5.78 Å². The van der Waals surface area contributed by atoms with Crippen LogP contribution in [-0.2, 0) is 0 Å². The van der Waals surface area contributed by atoms with E-state index in [1.807, 2.05) is 22.6 Å². The second kappa shape index (κ2) is 3.94. The highest BCUT2D eigenvalue weighted by molar-refractivity contribution is 14.1. The third kappa shape index (κ3) is 1.92. The Balaban J connectivity index is 3.36. The van der Waals surface area contributed by atoms with Crippen molar-refractivity contribution in [2.45, 2.75) is 6.92 Å². The van der Waals surface area contributed by atoms with E-state index in [1.54, 1.807) is 12.1 Å². The number of benzene rings is 1. The summed E-state index contributed by atoms with van der Waals surface area (Å²) >= 11 is 13.7. The van der Waals surface area contributed by atoms with Crippen LogP contribution in [0.1, 0.15) is 17.3 Å². The Kier molecular flexibility index (Phi) is 3.37. The molecule has 0 N–H and O–H groups in total. The van der Waals surface area contributed by atoms with Gasteiger partial charge in [-0.05, 0) is 41.6 Å². The van der Waals surface area contributed by atoms with Crippen LogP contribution in [0.25, 0.3) is 0 Å². The van der Waals surface area contributed by atoms with Crippen molar-refractivity contribution in [1.82, 2.24) is 0 Å². The molecule has 0 radical (unpaired) electrons. The SMILES string of the molecule is CC(=O)c1ccc(Cl)c(I)c1Cl. The summed E-state index contributed by atoms with van der Waals surface area (Å²) in [6.45, 7) is 1.48. The first-order valence-electron chi connectivity index (χ1n) is 3.18. The van der Waals surface area contributed by atoms with E-state index in [1.165, 1.54) is 6.92 Å². The van der Waals surface area contributed by atoms with Crippen LogP contribution >= 0.6 is 45.8 Å². The molecule has 0 aliphatic heterocycles. The Morgan fingerprint density at radius 1 is 1.42 bits per heavy atom. The van der Waals surface area contributed by atoms with Crippen LogP contribution < -0.4 is 0 Å². The summed E-state index contributed by atoms with van der Waals surface area (Å²) in [6.07, 6.45) is 0. The van der Waals surface area contributed by atoms with E-state index in [0.717, 1.165) is 3.57 Å². The molecule has 0 saturated carbocycles. The van der Waals surface area contributed by atoms with Gasteiger partial charge in [0.15, 0.2) is 5.78 Å². The fourth-order valence-electron chi connectivity index (χ4n) is 0.798. The van der Waals surface area contributed by atoms with Gasteiger partial charge < -0.3 is 0 Å². The third-order valence-electron chi connectivity index (χ3n) is 1.41. The third-order valence-corrected chi connectivity index (χ3v) is 3.88. The van der Waals surface area contributed by atoms with Crippen molar-refractivity contribution in [2.24, 2.45) is 0 Å². The van der Waals surface area contributed by atoms with Crippen LogP contribution in [0.2, 0.25) is 10.0 Å². The van der Waals surface area contributed by atoms with E-state index in [4.69, 9.17) is 23.2 Å². The minimum absolute atomic E-state index is 0.0467. The van der Waals surface area contributed by atoms with Gasteiger partial charge in [-0.1, -0.05) is 23.2 Å². The summed E-state index contributed by atoms with van der Waals surface area (Å²) in [5.74, 6) is -0.0467. The molecule has 0 saturated heterocycles. The molecule has 0 aliphatic rings. The van der Waals surface area contributed by atoms with Crippen LogP contribution in [0.15, 0.2) is 12.1 Å². The smallest absolute Gasteiger partial charge is 0.161 e. The zero-order valence-corrected chi connectivity index (χ0v) is 9.87. The first-order valence-corrected chi connectivity index (χ1v) is 5.02. The van der Waals surface area contributed by atoms with Gasteiger partial charge in [0.2, 0.25) is 0 Å². The van der Waals surface area contributed by atoms with Crippen molar-refractivity contribution < 1.29 is 4.79 Å². The number of ketones is 1. The molecule has 1 aromatic rings. The molecule has 12 heavy (non-hydrogen) atoms. The highest BCUT2D eigenvalue weighted by Gasteiger charge is 2.10. The van der Waals surface area contributed by atoms with Gasteiger partial charge in [-0.25, -0.2) is 0 Å². The number of Topliss-reactive ketones (excluding diaryl/α,β-unsaturated/α-hetero) is 1. The Hall–Kier alpha value is 0.200. The molecule has 0 fully saturated rings. The summed E-state index contributed by atoms with van der Waals surface area (Å²) in [5, 5.41) is 1.02. The van der Waals surface area contributed by atoms with Gasteiger partial charge in [0.1, 0.15) is 0 Å². The summed E-state index contributed by atoms with van der Waals surface area (Å²) in [5.41, 5.74) is 0.519. The van der Waals surface area contributed by atoms with Gasteiger partial charge in [-0.15, -0.1) is 0 Å². The number of carbonyl (C=O) groups excluding carboxylic acids is 1. The highest BCUT2D eigenvalue weighted by atomic mass is 127. The molecule has 64 valence electrons. The lowest BCUT2D eigenvalue weighted by Crippen LogP contribution is -1.94. The van der Waals surface area contributed by atoms with E-state index in [2.05, 4.69) is 0 Å². The van der Waals surface area contributed by atoms with Crippen LogP contribution in [0.5, 0.6) is 0 Å². The van der Waals surface area contributed by atoms with E-state index in [9.17, 15) is 4.79 Å². The maximum absolute atomic E-state index is 11.0. The van der Waals surface area contributed by atoms with Gasteiger partial charge in [-0.3, -0.25) is 4.79 Å². The number of halogens is 3. The minimum atomic E-state index is -0.0467. The number of rotatable bonds is 1. The average molecular weight is 315 g/mol. The van der Waals surface area contributed by atoms with Crippen LogP contribution in [0.4, 0.5) is 0 Å². The molecule has 0 amide bonds. The van der Waals surface area contributed by atoms with Gasteiger partial charge in [0.05, 0.1) is 13.6 Å². The maximum atomic E-state index is 11.0. The molecule has 0 spiro atoms. The molecule has 0 unspecified atom stereocenters. The van der Waals surface area contributed by atoms with Gasteiger partial charge in [-0.2, -0.15) is 0 Å². The fourth-order valence-corrected chi connectivity index (χ4v) is 1.77. The zero-order chi connectivity index (χ0) is 9.30. The highest BCUT2D eigenvalue weighted by Crippen LogP contribution is 2.29. The zero-order valence-electron chi connectivity index (χ0n) is 6.20. The molecule has 1 aromatic carbocycles. The van der Waals surface area contributed by atoms with E-state index >= 15 is 0 Å². The number of hydrogen-bond donors (Lipinski definition) is 0. The standard InChI is InChI=1S/C8H5Cl2IO/c1-4(12)5-2-3-6(9)8(11)7(5)10/h2-3H,1H3.